The Morgan fingerprint density at radius 3 is 2.43 bits per heavy atom. The molecule has 14 heavy (non-hydrogen) atoms. The normalized spacial score (nSPS) is 39.4. The molecule has 1 heterocycles. The second-order valence-corrected chi connectivity index (χ2v) is 4.48. The molecular weight excluding hydrogens is 178 g/mol. The first-order chi connectivity index (χ1) is 6.83. The standard InChI is InChI=1S/C11H21NO2/c1-13-10-4-3-5-12(8-10)9-6-11(7-9)14-2/h9-11H,3-8H2,1-2H3/t9-,10-,11-/m1/s1. The van der Waals surface area contributed by atoms with Crippen LogP contribution in [0.25, 0.3) is 0 Å². The molecule has 1 saturated carbocycles. The molecule has 0 unspecified atom stereocenters. The lowest BCUT2D eigenvalue weighted by Gasteiger charge is -2.45. The van der Waals surface area contributed by atoms with Crippen LogP contribution in [-0.2, 0) is 9.47 Å². The van der Waals surface area contributed by atoms with Gasteiger partial charge in [-0.3, -0.25) is 4.90 Å². The summed E-state index contributed by atoms with van der Waals surface area (Å²) in [5.41, 5.74) is 0. The van der Waals surface area contributed by atoms with Gasteiger partial charge in [0.15, 0.2) is 0 Å². The Morgan fingerprint density at radius 2 is 1.79 bits per heavy atom. The van der Waals surface area contributed by atoms with E-state index in [-0.39, 0.29) is 0 Å². The molecule has 82 valence electrons. The minimum Gasteiger partial charge on any atom is -0.381 e. The smallest absolute Gasteiger partial charge is 0.0698 e. The molecule has 3 heteroatoms. The van der Waals surface area contributed by atoms with Gasteiger partial charge in [-0.2, -0.15) is 0 Å². The molecule has 0 radical (unpaired) electrons. The lowest BCUT2D eigenvalue weighted by atomic mass is 9.86. The number of hydrogen-bond donors (Lipinski definition) is 0. The first-order valence-corrected chi connectivity index (χ1v) is 5.63. The van der Waals surface area contributed by atoms with Gasteiger partial charge in [0.05, 0.1) is 12.2 Å². The van der Waals surface area contributed by atoms with Crippen molar-refractivity contribution in [2.45, 2.75) is 43.9 Å². The first kappa shape index (κ1) is 10.4. The molecule has 0 N–H and O–H groups in total. The third-order valence-corrected chi connectivity index (χ3v) is 3.66. The zero-order chi connectivity index (χ0) is 9.97. The van der Waals surface area contributed by atoms with Gasteiger partial charge in [-0.15, -0.1) is 0 Å². The van der Waals surface area contributed by atoms with E-state index in [0.717, 1.165) is 12.6 Å². The Labute approximate surface area is 86.4 Å². The predicted molar refractivity (Wildman–Crippen MR) is 55.4 cm³/mol. The fourth-order valence-electron chi connectivity index (χ4n) is 2.52. The van der Waals surface area contributed by atoms with Gasteiger partial charge in [0.25, 0.3) is 0 Å². The van der Waals surface area contributed by atoms with Crippen molar-refractivity contribution in [3.05, 3.63) is 0 Å². The van der Waals surface area contributed by atoms with Crippen LogP contribution in [0.2, 0.25) is 0 Å². The maximum atomic E-state index is 5.42. The van der Waals surface area contributed by atoms with Gasteiger partial charge in [-0.05, 0) is 32.2 Å². The van der Waals surface area contributed by atoms with E-state index in [0.29, 0.717) is 12.2 Å². The third kappa shape index (κ3) is 2.10. The number of rotatable bonds is 3. The summed E-state index contributed by atoms with van der Waals surface area (Å²) >= 11 is 0. The predicted octanol–water partition coefficient (Wildman–Crippen LogP) is 1.27. The van der Waals surface area contributed by atoms with Gasteiger partial charge in [-0.25, -0.2) is 0 Å². The van der Waals surface area contributed by atoms with Crippen LogP contribution in [0, 0.1) is 0 Å². The summed E-state index contributed by atoms with van der Waals surface area (Å²) in [5, 5.41) is 0. The molecule has 0 spiro atoms. The summed E-state index contributed by atoms with van der Waals surface area (Å²) in [7, 11) is 3.64. The second-order valence-electron chi connectivity index (χ2n) is 4.48. The lowest BCUT2D eigenvalue weighted by molar-refractivity contribution is -0.0571. The van der Waals surface area contributed by atoms with E-state index in [1.165, 1.54) is 32.2 Å². The van der Waals surface area contributed by atoms with Crippen LogP contribution in [0.1, 0.15) is 25.7 Å². The second kappa shape index (κ2) is 4.60. The highest BCUT2D eigenvalue weighted by Gasteiger charge is 2.35. The van der Waals surface area contributed by atoms with E-state index in [4.69, 9.17) is 9.47 Å². The first-order valence-electron chi connectivity index (χ1n) is 5.63. The minimum absolute atomic E-state index is 0.463. The van der Waals surface area contributed by atoms with Crippen molar-refractivity contribution in [3.8, 4) is 0 Å². The van der Waals surface area contributed by atoms with Crippen LogP contribution >= 0.6 is 0 Å². The van der Waals surface area contributed by atoms with Crippen molar-refractivity contribution >= 4 is 0 Å². The van der Waals surface area contributed by atoms with E-state index in [9.17, 15) is 0 Å². The van der Waals surface area contributed by atoms with Crippen LogP contribution in [0.15, 0.2) is 0 Å². The molecule has 2 rings (SSSR count). The zero-order valence-corrected chi connectivity index (χ0v) is 9.24. The van der Waals surface area contributed by atoms with E-state index in [2.05, 4.69) is 4.90 Å². The van der Waals surface area contributed by atoms with Crippen LogP contribution in [0.4, 0.5) is 0 Å². The molecule has 0 bridgehead atoms. The Morgan fingerprint density at radius 1 is 1.07 bits per heavy atom. The monoisotopic (exact) mass is 199 g/mol. The molecule has 0 aromatic rings. The molecule has 0 amide bonds. The highest BCUT2D eigenvalue weighted by Crippen LogP contribution is 2.30. The van der Waals surface area contributed by atoms with Crippen molar-refractivity contribution in [2.75, 3.05) is 27.3 Å². The van der Waals surface area contributed by atoms with E-state index in [1.807, 2.05) is 14.2 Å². The highest BCUT2D eigenvalue weighted by molar-refractivity contribution is 4.90. The van der Waals surface area contributed by atoms with Gasteiger partial charge >= 0.3 is 0 Å². The molecule has 2 aliphatic rings. The van der Waals surface area contributed by atoms with Gasteiger partial charge in [0.2, 0.25) is 0 Å². The van der Waals surface area contributed by atoms with Gasteiger partial charge < -0.3 is 9.47 Å². The third-order valence-electron chi connectivity index (χ3n) is 3.66. The molecule has 0 aromatic heterocycles. The number of hydrogen-bond acceptors (Lipinski definition) is 3. The number of ether oxygens (including phenoxy) is 2. The molecule has 3 nitrogen and oxygen atoms in total. The molecule has 1 atom stereocenters. The van der Waals surface area contributed by atoms with Crippen LogP contribution in [0.5, 0.6) is 0 Å². The fraction of sp³-hybridized carbons (Fsp3) is 1.00. The average molecular weight is 199 g/mol. The summed E-state index contributed by atoms with van der Waals surface area (Å²) < 4.78 is 10.7. The Hall–Kier alpha value is -0.120. The SMILES string of the molecule is CO[C@@H]1CCCN([C@H]2C[C@H](OC)C2)C1. The molecule has 1 saturated heterocycles. The Bertz CT molecular complexity index is 180. The molecular formula is C11H21NO2. The van der Waals surface area contributed by atoms with Crippen molar-refractivity contribution in [3.63, 3.8) is 0 Å². The van der Waals surface area contributed by atoms with Gasteiger partial charge in [-0.1, -0.05) is 0 Å². The summed E-state index contributed by atoms with van der Waals surface area (Å²) in [5.74, 6) is 0. The number of methoxy groups -OCH3 is 2. The molecule has 0 aromatic carbocycles. The highest BCUT2D eigenvalue weighted by atomic mass is 16.5. The van der Waals surface area contributed by atoms with Gasteiger partial charge in [0, 0.05) is 26.8 Å². The summed E-state index contributed by atoms with van der Waals surface area (Å²) in [6.07, 6.45) is 5.92. The van der Waals surface area contributed by atoms with Crippen molar-refractivity contribution in [2.24, 2.45) is 0 Å². The minimum atomic E-state index is 0.463. The quantitative estimate of drug-likeness (QED) is 0.683. The van der Waals surface area contributed by atoms with Crippen LogP contribution in [0.3, 0.4) is 0 Å². The van der Waals surface area contributed by atoms with Crippen molar-refractivity contribution < 1.29 is 9.47 Å². The maximum absolute atomic E-state index is 5.42. The van der Waals surface area contributed by atoms with E-state index >= 15 is 0 Å². The van der Waals surface area contributed by atoms with E-state index in [1.54, 1.807) is 0 Å². The molecule has 1 aliphatic carbocycles. The van der Waals surface area contributed by atoms with Crippen molar-refractivity contribution in [1.82, 2.24) is 4.90 Å². The lowest BCUT2D eigenvalue weighted by Crippen LogP contribution is -2.52. The topological polar surface area (TPSA) is 21.7 Å². The Kier molecular flexibility index (Phi) is 3.42. The summed E-state index contributed by atoms with van der Waals surface area (Å²) in [6.45, 7) is 2.37. The summed E-state index contributed by atoms with van der Waals surface area (Å²) in [4.78, 5) is 2.58. The average Bonchev–Trinajstić information content (AvgIpc) is 2.17. The molecule has 1 aliphatic heterocycles. The Balaban J connectivity index is 1.75. The maximum Gasteiger partial charge on any atom is 0.0698 e. The largest absolute Gasteiger partial charge is 0.381 e. The van der Waals surface area contributed by atoms with E-state index < -0.39 is 0 Å². The number of piperidine rings is 1. The van der Waals surface area contributed by atoms with Crippen LogP contribution < -0.4 is 0 Å². The number of likely N-dealkylation sites (tertiary alicyclic amines) is 1. The number of nitrogens with zero attached hydrogens (tertiary/aromatic N) is 1. The van der Waals surface area contributed by atoms with Gasteiger partial charge in [0.1, 0.15) is 0 Å². The summed E-state index contributed by atoms with van der Waals surface area (Å²) in [6, 6.07) is 0.762. The molecule has 2 fully saturated rings. The zero-order valence-electron chi connectivity index (χ0n) is 9.24. The fourth-order valence-corrected chi connectivity index (χ4v) is 2.52. The van der Waals surface area contributed by atoms with Crippen LogP contribution in [-0.4, -0.2) is 50.5 Å². The van der Waals surface area contributed by atoms with Crippen molar-refractivity contribution in [1.29, 1.82) is 0 Å².